The van der Waals surface area contributed by atoms with Crippen LogP contribution in [0.5, 0.6) is 5.75 Å². The van der Waals surface area contributed by atoms with Gasteiger partial charge in [0.15, 0.2) is 5.43 Å². The van der Waals surface area contributed by atoms with Crippen LogP contribution >= 0.6 is 0 Å². The minimum absolute atomic E-state index is 0.0531. The molecule has 0 bridgehead atoms. The summed E-state index contributed by atoms with van der Waals surface area (Å²) in [5, 5.41) is 28.3. The van der Waals surface area contributed by atoms with Gasteiger partial charge in [0.2, 0.25) is 0 Å². The van der Waals surface area contributed by atoms with Crippen LogP contribution in [0.3, 0.4) is 0 Å². The van der Waals surface area contributed by atoms with Crippen LogP contribution in [-0.2, 0) is 18.9 Å². The van der Waals surface area contributed by atoms with Crippen LogP contribution in [0.1, 0.15) is 10.4 Å². The van der Waals surface area contributed by atoms with Crippen molar-refractivity contribution in [3.8, 4) is 28.2 Å². The zero-order valence-corrected chi connectivity index (χ0v) is 24.4. The number of carboxylic acids is 1. The molecule has 1 aliphatic heterocycles. The Morgan fingerprint density at radius 2 is 1.47 bits per heavy atom. The van der Waals surface area contributed by atoms with Crippen LogP contribution in [0.2, 0.25) is 0 Å². The summed E-state index contributed by atoms with van der Waals surface area (Å²) in [5.74, 6) is -1.05. The van der Waals surface area contributed by atoms with Gasteiger partial charge in [-0.1, -0.05) is 6.07 Å². The van der Waals surface area contributed by atoms with Crippen LogP contribution in [0.15, 0.2) is 63.8 Å². The van der Waals surface area contributed by atoms with Crippen molar-refractivity contribution in [3.63, 3.8) is 0 Å². The topological polar surface area (TPSA) is 195 Å². The standard InChI is InChI=1S/C31H33N3O11/c1-41-31(40)33-9-11-43-13-15-44-14-12-42-10-8-32-30(39)34-19-2-5-22(25(16-19)29(37)38)28-23-6-3-20(35)17-26(23)45-27-18-21(36)4-7-24(27)28/h2-7,16-18,35H,8-15H2,1H3,(H,33,40)(H,37,38)(H2,32,34,39). The van der Waals surface area contributed by atoms with Crippen molar-refractivity contribution in [2.24, 2.45) is 0 Å². The summed E-state index contributed by atoms with van der Waals surface area (Å²) in [6, 6.07) is 12.6. The number of phenols is 1. The maximum atomic E-state index is 12.4. The Hall–Kier alpha value is -5.18. The van der Waals surface area contributed by atoms with E-state index in [1.165, 1.54) is 37.4 Å². The summed E-state index contributed by atoms with van der Waals surface area (Å²) in [5.41, 5.74) is 1.49. The van der Waals surface area contributed by atoms with Gasteiger partial charge in [0.25, 0.3) is 0 Å². The first-order valence-electron chi connectivity index (χ1n) is 13.9. The fourth-order valence-electron chi connectivity index (χ4n) is 4.42. The van der Waals surface area contributed by atoms with Gasteiger partial charge in [-0.2, -0.15) is 0 Å². The molecule has 4 rings (SSSR count). The lowest BCUT2D eigenvalue weighted by atomic mass is 9.90. The summed E-state index contributed by atoms with van der Waals surface area (Å²) < 4.78 is 26.4. The first kappa shape index (κ1) is 32.7. The van der Waals surface area contributed by atoms with E-state index >= 15 is 0 Å². The number of alkyl carbamates (subject to hydrolysis) is 1. The zero-order chi connectivity index (χ0) is 32.2. The number of benzene rings is 3. The van der Waals surface area contributed by atoms with E-state index in [-0.39, 0.29) is 46.9 Å². The van der Waals surface area contributed by atoms with E-state index in [2.05, 4.69) is 20.7 Å². The normalized spacial score (nSPS) is 11.0. The average Bonchev–Trinajstić information content (AvgIpc) is 3.01. The number of aromatic carboxylic acids is 1. The molecule has 0 aromatic heterocycles. The zero-order valence-electron chi connectivity index (χ0n) is 24.4. The van der Waals surface area contributed by atoms with Gasteiger partial charge in [-0.3, -0.25) is 4.79 Å². The van der Waals surface area contributed by atoms with Crippen molar-refractivity contribution in [2.45, 2.75) is 0 Å². The SMILES string of the molecule is COC(=O)NCCOCCOCCOCCNC(=O)Nc1ccc(-c2c3ccc(=O)cc-3oc3cc(O)ccc23)c(C(=O)O)c1. The summed E-state index contributed by atoms with van der Waals surface area (Å²) in [6.07, 6.45) is -0.519. The monoisotopic (exact) mass is 623 g/mol. The number of carbonyl (C=O) groups excluding carboxylic acids is 2. The lowest BCUT2D eigenvalue weighted by Crippen LogP contribution is -2.31. The van der Waals surface area contributed by atoms with Gasteiger partial charge in [0, 0.05) is 47.4 Å². The van der Waals surface area contributed by atoms with E-state index in [0.29, 0.717) is 61.7 Å². The molecule has 2 aromatic carbocycles. The Morgan fingerprint density at radius 1 is 0.800 bits per heavy atom. The second kappa shape index (κ2) is 16.0. The Balaban J connectivity index is 1.28. The van der Waals surface area contributed by atoms with Gasteiger partial charge < -0.3 is 49.5 Å². The first-order valence-corrected chi connectivity index (χ1v) is 13.9. The summed E-state index contributed by atoms with van der Waals surface area (Å²) in [6.45, 7) is 2.45. The number of aromatic hydroxyl groups is 1. The predicted molar refractivity (Wildman–Crippen MR) is 163 cm³/mol. The maximum absolute atomic E-state index is 12.4. The number of methoxy groups -OCH3 is 1. The number of carboxylic acid groups (broad SMARTS) is 1. The number of nitrogens with one attached hydrogen (secondary N) is 3. The van der Waals surface area contributed by atoms with Gasteiger partial charge in [-0.25, -0.2) is 14.4 Å². The second-order valence-electron chi connectivity index (χ2n) is 9.52. The molecule has 0 fully saturated rings. The van der Waals surface area contributed by atoms with Crippen LogP contribution in [-0.4, -0.2) is 88.1 Å². The molecule has 238 valence electrons. The van der Waals surface area contributed by atoms with Crippen molar-refractivity contribution in [3.05, 3.63) is 70.4 Å². The smallest absolute Gasteiger partial charge is 0.406 e. The molecule has 5 N–H and O–H groups in total. The third-order valence-electron chi connectivity index (χ3n) is 6.43. The van der Waals surface area contributed by atoms with E-state index in [0.717, 1.165) is 0 Å². The van der Waals surface area contributed by atoms with E-state index in [1.807, 2.05) is 0 Å². The molecule has 2 aromatic rings. The van der Waals surface area contributed by atoms with Crippen molar-refractivity contribution < 1.29 is 48.0 Å². The summed E-state index contributed by atoms with van der Waals surface area (Å²) in [7, 11) is 1.28. The van der Waals surface area contributed by atoms with Gasteiger partial charge >= 0.3 is 18.1 Å². The van der Waals surface area contributed by atoms with Gasteiger partial charge in [0.05, 0.1) is 52.3 Å². The molecular weight excluding hydrogens is 590 g/mol. The highest BCUT2D eigenvalue weighted by molar-refractivity contribution is 6.08. The van der Waals surface area contributed by atoms with Crippen LogP contribution < -0.4 is 21.4 Å². The number of hydrogen-bond acceptors (Lipinski definition) is 10. The van der Waals surface area contributed by atoms with Gasteiger partial charge in [-0.05, 0) is 42.0 Å². The molecule has 0 spiro atoms. The lowest BCUT2D eigenvalue weighted by molar-refractivity contribution is 0.0160. The highest BCUT2D eigenvalue weighted by Gasteiger charge is 2.22. The Kier molecular flexibility index (Phi) is 11.7. The quantitative estimate of drug-likeness (QED) is 0.0961. The highest BCUT2D eigenvalue weighted by atomic mass is 16.5. The van der Waals surface area contributed by atoms with E-state index < -0.39 is 18.1 Å². The Labute approximate surface area is 257 Å². The van der Waals surface area contributed by atoms with Crippen LogP contribution in [0.25, 0.3) is 33.4 Å². The molecule has 1 heterocycles. The fraction of sp³-hybridized carbons (Fsp3) is 0.290. The molecule has 2 aliphatic rings. The number of rotatable bonds is 15. The third kappa shape index (κ3) is 9.15. The maximum Gasteiger partial charge on any atom is 0.406 e. The molecule has 1 aliphatic carbocycles. The van der Waals surface area contributed by atoms with Gasteiger partial charge in [0.1, 0.15) is 17.1 Å². The minimum Gasteiger partial charge on any atom is -0.508 e. The summed E-state index contributed by atoms with van der Waals surface area (Å²) in [4.78, 5) is 47.7. The lowest BCUT2D eigenvalue weighted by Gasteiger charge is -2.17. The molecule has 14 nitrogen and oxygen atoms in total. The molecular formula is C31H33N3O11. The number of carbonyl (C=O) groups is 3. The van der Waals surface area contributed by atoms with E-state index in [4.69, 9.17) is 18.6 Å². The van der Waals surface area contributed by atoms with Crippen molar-refractivity contribution in [2.75, 3.05) is 65.2 Å². The molecule has 3 amide bonds. The number of anilines is 1. The first-order chi connectivity index (χ1) is 21.8. The molecule has 0 saturated carbocycles. The van der Waals surface area contributed by atoms with Gasteiger partial charge in [-0.15, -0.1) is 0 Å². The van der Waals surface area contributed by atoms with E-state index in [1.54, 1.807) is 24.3 Å². The van der Waals surface area contributed by atoms with E-state index in [9.17, 15) is 29.4 Å². The van der Waals surface area contributed by atoms with Crippen LogP contribution in [0, 0.1) is 0 Å². The molecule has 14 heteroatoms. The van der Waals surface area contributed by atoms with Crippen LogP contribution in [0.4, 0.5) is 15.3 Å². The van der Waals surface area contributed by atoms with Crippen molar-refractivity contribution >= 4 is 34.8 Å². The molecule has 0 unspecified atom stereocenters. The largest absolute Gasteiger partial charge is 0.508 e. The minimum atomic E-state index is -1.23. The third-order valence-corrected chi connectivity index (χ3v) is 6.43. The number of ether oxygens (including phenoxy) is 4. The Bertz CT molecular complexity index is 1670. The number of fused-ring (bicyclic) bond motifs is 2. The number of urea groups is 1. The molecule has 45 heavy (non-hydrogen) atoms. The highest BCUT2D eigenvalue weighted by Crippen LogP contribution is 2.42. The number of amides is 3. The average molecular weight is 624 g/mol. The second-order valence-corrected chi connectivity index (χ2v) is 9.52. The molecule has 0 atom stereocenters. The molecule has 0 saturated heterocycles. The summed E-state index contributed by atoms with van der Waals surface area (Å²) >= 11 is 0. The Morgan fingerprint density at radius 3 is 2.16 bits per heavy atom. The number of phenolic OH excluding ortho intramolecular Hbond substituents is 1. The predicted octanol–water partition coefficient (Wildman–Crippen LogP) is 3.50. The fourth-order valence-corrected chi connectivity index (χ4v) is 4.42. The van der Waals surface area contributed by atoms with Crippen molar-refractivity contribution in [1.82, 2.24) is 10.6 Å². The molecule has 0 radical (unpaired) electrons. The van der Waals surface area contributed by atoms with Crippen molar-refractivity contribution in [1.29, 1.82) is 0 Å². The number of hydrogen-bond donors (Lipinski definition) is 5.